The Morgan fingerprint density at radius 2 is 2.23 bits per heavy atom. The number of nitrogens with zero attached hydrogens (tertiary/aromatic N) is 2. The quantitative estimate of drug-likeness (QED) is 0.469. The van der Waals surface area contributed by atoms with Gasteiger partial charge in [0.2, 0.25) is 0 Å². The Kier molecular flexibility index (Phi) is 5.98. The van der Waals surface area contributed by atoms with Crippen LogP contribution >= 0.6 is 46.8 Å². The normalized spacial score (nSPS) is 10.7. The minimum atomic E-state index is -0.443. The SMILES string of the molecule is COC(=O)c1sc2cc(NC(=S)NCCn3cc(Cl)cn3)ccc2c1Cl. The third-order valence-electron chi connectivity index (χ3n) is 3.49. The topological polar surface area (TPSA) is 68.2 Å². The summed E-state index contributed by atoms with van der Waals surface area (Å²) in [5.74, 6) is -0.443. The van der Waals surface area contributed by atoms with Crippen LogP contribution in [-0.4, -0.2) is 34.5 Å². The van der Waals surface area contributed by atoms with Gasteiger partial charge in [0.1, 0.15) is 4.88 Å². The molecule has 0 aliphatic carbocycles. The third kappa shape index (κ3) is 4.27. The zero-order chi connectivity index (χ0) is 18.7. The first-order valence-corrected chi connectivity index (χ1v) is 9.49. The predicted molar refractivity (Wildman–Crippen MR) is 110 cm³/mol. The number of thiophene rings is 1. The first-order valence-electron chi connectivity index (χ1n) is 7.51. The predicted octanol–water partition coefficient (Wildman–Crippen LogP) is 4.18. The van der Waals surface area contributed by atoms with Crippen molar-refractivity contribution < 1.29 is 9.53 Å². The number of carbonyl (C=O) groups is 1. The minimum Gasteiger partial charge on any atom is -0.465 e. The number of fused-ring (bicyclic) bond motifs is 1. The Labute approximate surface area is 169 Å². The molecule has 6 nitrogen and oxygen atoms in total. The van der Waals surface area contributed by atoms with Crippen molar-refractivity contribution in [3.8, 4) is 0 Å². The Bertz CT molecular complexity index is 970. The molecule has 0 aliphatic heterocycles. The highest BCUT2D eigenvalue weighted by Crippen LogP contribution is 2.37. The maximum absolute atomic E-state index is 11.7. The molecule has 2 heterocycles. The highest BCUT2D eigenvalue weighted by atomic mass is 35.5. The molecule has 2 N–H and O–H groups in total. The number of thiocarbonyl (C=S) groups is 1. The second-order valence-electron chi connectivity index (χ2n) is 5.25. The van der Waals surface area contributed by atoms with Gasteiger partial charge in [0.05, 0.1) is 29.9 Å². The zero-order valence-corrected chi connectivity index (χ0v) is 16.7. The molecule has 0 saturated carbocycles. The van der Waals surface area contributed by atoms with Crippen LogP contribution in [0.25, 0.3) is 10.1 Å². The zero-order valence-electron chi connectivity index (χ0n) is 13.6. The summed E-state index contributed by atoms with van der Waals surface area (Å²) in [6.45, 7) is 1.24. The van der Waals surface area contributed by atoms with Crippen molar-refractivity contribution in [3.63, 3.8) is 0 Å². The van der Waals surface area contributed by atoms with Gasteiger partial charge in [0.25, 0.3) is 0 Å². The fourth-order valence-electron chi connectivity index (χ4n) is 2.29. The van der Waals surface area contributed by atoms with Gasteiger partial charge in [0, 0.05) is 28.5 Å². The van der Waals surface area contributed by atoms with Crippen LogP contribution in [0.4, 0.5) is 5.69 Å². The van der Waals surface area contributed by atoms with Gasteiger partial charge in [-0.15, -0.1) is 11.3 Å². The van der Waals surface area contributed by atoms with Gasteiger partial charge < -0.3 is 15.4 Å². The smallest absolute Gasteiger partial charge is 0.349 e. The minimum absolute atomic E-state index is 0.389. The lowest BCUT2D eigenvalue weighted by molar-refractivity contribution is 0.0606. The van der Waals surface area contributed by atoms with Crippen LogP contribution in [0.1, 0.15) is 9.67 Å². The number of benzene rings is 1. The Hall–Kier alpha value is -1.87. The van der Waals surface area contributed by atoms with Crippen LogP contribution in [0.2, 0.25) is 10.0 Å². The monoisotopic (exact) mass is 428 g/mol. The number of halogens is 2. The lowest BCUT2D eigenvalue weighted by atomic mass is 10.2. The fourth-order valence-corrected chi connectivity index (χ4v) is 4.13. The van der Waals surface area contributed by atoms with E-state index in [4.69, 9.17) is 40.2 Å². The highest BCUT2D eigenvalue weighted by Gasteiger charge is 2.17. The molecule has 0 aliphatic rings. The number of nitrogens with one attached hydrogen (secondary N) is 2. The van der Waals surface area contributed by atoms with Crippen LogP contribution in [0.5, 0.6) is 0 Å². The summed E-state index contributed by atoms with van der Waals surface area (Å²) < 4.78 is 7.35. The first kappa shape index (κ1) is 18.9. The van der Waals surface area contributed by atoms with Gasteiger partial charge in [0.15, 0.2) is 5.11 Å². The van der Waals surface area contributed by atoms with E-state index in [-0.39, 0.29) is 0 Å². The molecule has 0 radical (unpaired) electrons. The van der Waals surface area contributed by atoms with Gasteiger partial charge in [-0.3, -0.25) is 4.68 Å². The van der Waals surface area contributed by atoms with Crippen molar-refractivity contribution in [2.45, 2.75) is 6.54 Å². The Morgan fingerprint density at radius 1 is 1.42 bits per heavy atom. The van der Waals surface area contributed by atoms with Crippen LogP contribution < -0.4 is 10.6 Å². The molecule has 10 heteroatoms. The summed E-state index contributed by atoms with van der Waals surface area (Å²) in [5, 5.41) is 12.6. The van der Waals surface area contributed by atoms with Crippen molar-refractivity contribution in [2.24, 2.45) is 0 Å². The van der Waals surface area contributed by atoms with E-state index in [0.29, 0.717) is 33.1 Å². The molecule has 0 unspecified atom stereocenters. The maximum atomic E-state index is 11.7. The maximum Gasteiger partial charge on any atom is 0.349 e. The second-order valence-corrected chi connectivity index (χ2v) is 7.53. The molecular formula is C16H14Cl2N4O2S2. The van der Waals surface area contributed by atoms with Gasteiger partial charge in [-0.1, -0.05) is 23.2 Å². The summed E-state index contributed by atoms with van der Waals surface area (Å²) in [4.78, 5) is 12.1. The largest absolute Gasteiger partial charge is 0.465 e. The molecule has 0 spiro atoms. The molecule has 1 aromatic carbocycles. The summed E-state index contributed by atoms with van der Waals surface area (Å²) in [5.41, 5.74) is 0.798. The van der Waals surface area contributed by atoms with Gasteiger partial charge in [-0.25, -0.2) is 4.79 Å². The molecule has 0 saturated heterocycles. The van der Waals surface area contributed by atoms with Crippen molar-refractivity contribution >= 4 is 73.6 Å². The molecule has 3 aromatic rings. The molecule has 2 aromatic heterocycles. The van der Waals surface area contributed by atoms with Crippen molar-refractivity contribution in [3.05, 3.63) is 45.5 Å². The van der Waals surface area contributed by atoms with Crippen LogP contribution in [-0.2, 0) is 11.3 Å². The molecule has 0 amide bonds. The summed E-state index contributed by atoms with van der Waals surface area (Å²) >= 11 is 18.6. The molecule has 0 fully saturated rings. The third-order valence-corrected chi connectivity index (χ3v) is 5.57. The van der Waals surface area contributed by atoms with E-state index in [1.165, 1.54) is 18.4 Å². The number of carbonyl (C=O) groups excluding carboxylic acids is 1. The Balaban J connectivity index is 1.62. The highest BCUT2D eigenvalue weighted by molar-refractivity contribution is 7.80. The van der Waals surface area contributed by atoms with Crippen molar-refractivity contribution in [1.82, 2.24) is 15.1 Å². The lowest BCUT2D eigenvalue weighted by Gasteiger charge is -2.10. The molecule has 0 atom stereocenters. The number of hydrogen-bond donors (Lipinski definition) is 2. The standard InChI is InChI=1S/C16H14Cl2N4O2S2/c1-24-15(23)14-13(18)11-3-2-10(6-12(11)26-14)21-16(25)19-4-5-22-8-9(17)7-20-22/h2-3,6-8H,4-5H2,1H3,(H2,19,21,25). The van der Waals surface area contributed by atoms with E-state index >= 15 is 0 Å². The average Bonchev–Trinajstić information content (AvgIpc) is 3.17. The first-order chi connectivity index (χ1) is 12.5. The lowest BCUT2D eigenvalue weighted by Crippen LogP contribution is -2.31. The number of rotatable bonds is 5. The summed E-state index contributed by atoms with van der Waals surface area (Å²) in [7, 11) is 1.33. The van der Waals surface area contributed by atoms with Gasteiger partial charge in [-0.2, -0.15) is 5.10 Å². The van der Waals surface area contributed by atoms with Crippen LogP contribution in [0, 0.1) is 0 Å². The number of anilines is 1. The van der Waals surface area contributed by atoms with Crippen molar-refractivity contribution in [2.75, 3.05) is 19.0 Å². The van der Waals surface area contributed by atoms with Gasteiger partial charge in [-0.05, 0) is 30.4 Å². The van der Waals surface area contributed by atoms with E-state index < -0.39 is 5.97 Å². The number of hydrogen-bond acceptors (Lipinski definition) is 5. The van der Waals surface area contributed by atoms with Gasteiger partial charge >= 0.3 is 5.97 Å². The second kappa shape index (κ2) is 8.22. The number of methoxy groups -OCH3 is 1. The molecule has 3 rings (SSSR count). The molecular weight excluding hydrogens is 415 g/mol. The number of ether oxygens (including phenoxy) is 1. The van der Waals surface area contributed by atoms with E-state index in [9.17, 15) is 4.79 Å². The Morgan fingerprint density at radius 3 is 2.92 bits per heavy atom. The summed E-state index contributed by atoms with van der Waals surface area (Å²) in [6.07, 6.45) is 3.33. The number of aromatic nitrogens is 2. The molecule has 0 bridgehead atoms. The average molecular weight is 429 g/mol. The molecule has 26 heavy (non-hydrogen) atoms. The van der Waals surface area contributed by atoms with E-state index in [1.54, 1.807) is 17.1 Å². The van der Waals surface area contributed by atoms with Crippen LogP contribution in [0.15, 0.2) is 30.6 Å². The van der Waals surface area contributed by atoms with Crippen LogP contribution in [0.3, 0.4) is 0 Å². The van der Waals surface area contributed by atoms with E-state index in [1.807, 2.05) is 18.2 Å². The fraction of sp³-hybridized carbons (Fsp3) is 0.188. The number of esters is 1. The van der Waals surface area contributed by atoms with E-state index in [2.05, 4.69) is 15.7 Å². The van der Waals surface area contributed by atoms with E-state index in [0.717, 1.165) is 15.8 Å². The van der Waals surface area contributed by atoms with Crippen molar-refractivity contribution in [1.29, 1.82) is 0 Å². The molecule has 136 valence electrons. The summed E-state index contributed by atoms with van der Waals surface area (Å²) in [6, 6.07) is 5.58.